The van der Waals surface area contributed by atoms with Gasteiger partial charge < -0.3 is 15.5 Å². The Bertz CT molecular complexity index is 429. The van der Waals surface area contributed by atoms with E-state index in [1.807, 2.05) is 13.0 Å². The topological polar surface area (TPSA) is 69.6 Å². The molecule has 1 amide bonds. The first-order valence-corrected chi connectivity index (χ1v) is 5.98. The largest absolute Gasteiger partial charge is 0.504 e. The van der Waals surface area contributed by atoms with Crippen molar-refractivity contribution in [1.82, 2.24) is 5.32 Å². The monoisotopic (exact) mass is 249 g/mol. The molecule has 1 unspecified atom stereocenters. The van der Waals surface area contributed by atoms with Crippen LogP contribution in [0.3, 0.4) is 0 Å². The van der Waals surface area contributed by atoms with Crippen molar-refractivity contribution in [2.24, 2.45) is 0 Å². The standard InChI is InChI=1S/C14H19NO3/c1-3-4-5-6-10(2)15-14(18)11-7-8-12(16)13(17)9-11/h3,7-10,16-17H,1,4-6H2,2H3,(H,15,18). The lowest BCUT2D eigenvalue weighted by Crippen LogP contribution is -2.32. The van der Waals surface area contributed by atoms with Crippen LogP contribution in [0.15, 0.2) is 30.9 Å². The third-order valence-electron chi connectivity index (χ3n) is 2.66. The summed E-state index contributed by atoms with van der Waals surface area (Å²) in [5.41, 5.74) is 0.334. The van der Waals surface area contributed by atoms with Crippen LogP contribution in [0.2, 0.25) is 0 Å². The number of carbonyl (C=O) groups is 1. The molecule has 1 rings (SSSR count). The molecule has 0 aliphatic rings. The summed E-state index contributed by atoms with van der Waals surface area (Å²) < 4.78 is 0. The van der Waals surface area contributed by atoms with E-state index in [2.05, 4.69) is 11.9 Å². The maximum absolute atomic E-state index is 11.8. The van der Waals surface area contributed by atoms with E-state index in [-0.39, 0.29) is 23.4 Å². The Labute approximate surface area is 107 Å². The first-order chi connectivity index (χ1) is 8.54. The molecule has 1 atom stereocenters. The minimum Gasteiger partial charge on any atom is -0.504 e. The van der Waals surface area contributed by atoms with Crippen LogP contribution in [0.25, 0.3) is 0 Å². The molecule has 0 saturated heterocycles. The molecule has 1 aromatic rings. The molecule has 0 radical (unpaired) electrons. The fraction of sp³-hybridized carbons (Fsp3) is 0.357. The summed E-state index contributed by atoms with van der Waals surface area (Å²) in [6.45, 7) is 5.58. The highest BCUT2D eigenvalue weighted by molar-refractivity contribution is 5.95. The van der Waals surface area contributed by atoms with E-state index in [0.717, 1.165) is 19.3 Å². The van der Waals surface area contributed by atoms with Crippen LogP contribution in [0.1, 0.15) is 36.5 Å². The van der Waals surface area contributed by atoms with Gasteiger partial charge in [-0.1, -0.05) is 6.08 Å². The van der Waals surface area contributed by atoms with E-state index >= 15 is 0 Å². The summed E-state index contributed by atoms with van der Waals surface area (Å²) in [7, 11) is 0. The van der Waals surface area contributed by atoms with Gasteiger partial charge in [0.25, 0.3) is 5.91 Å². The zero-order chi connectivity index (χ0) is 13.5. The van der Waals surface area contributed by atoms with Crippen LogP contribution < -0.4 is 5.32 Å². The number of nitrogens with one attached hydrogen (secondary N) is 1. The summed E-state index contributed by atoms with van der Waals surface area (Å²) in [5, 5.41) is 21.3. The number of amides is 1. The van der Waals surface area contributed by atoms with E-state index in [0.29, 0.717) is 5.56 Å². The number of carbonyl (C=O) groups excluding carboxylic acids is 1. The maximum atomic E-state index is 11.8. The number of unbranched alkanes of at least 4 members (excludes halogenated alkanes) is 1. The van der Waals surface area contributed by atoms with Gasteiger partial charge in [0.15, 0.2) is 11.5 Å². The Morgan fingerprint density at radius 1 is 1.44 bits per heavy atom. The zero-order valence-corrected chi connectivity index (χ0v) is 10.5. The first-order valence-electron chi connectivity index (χ1n) is 5.98. The zero-order valence-electron chi connectivity index (χ0n) is 10.5. The lowest BCUT2D eigenvalue weighted by molar-refractivity contribution is 0.0937. The summed E-state index contributed by atoms with van der Waals surface area (Å²) in [5.74, 6) is -0.774. The molecule has 0 fully saturated rings. The maximum Gasteiger partial charge on any atom is 0.251 e. The Hall–Kier alpha value is -1.97. The SMILES string of the molecule is C=CCCCC(C)NC(=O)c1ccc(O)c(O)c1. The van der Waals surface area contributed by atoms with Crippen molar-refractivity contribution in [1.29, 1.82) is 0 Å². The number of rotatable bonds is 6. The van der Waals surface area contributed by atoms with Gasteiger partial charge >= 0.3 is 0 Å². The summed E-state index contributed by atoms with van der Waals surface area (Å²) in [4.78, 5) is 11.8. The van der Waals surface area contributed by atoms with Crippen LogP contribution in [0.5, 0.6) is 11.5 Å². The van der Waals surface area contributed by atoms with Crippen LogP contribution in [-0.4, -0.2) is 22.2 Å². The van der Waals surface area contributed by atoms with Gasteiger partial charge in [0.2, 0.25) is 0 Å². The quantitative estimate of drug-likeness (QED) is 0.412. The van der Waals surface area contributed by atoms with Crippen molar-refractivity contribution in [3.05, 3.63) is 36.4 Å². The molecule has 0 heterocycles. The number of allylic oxidation sites excluding steroid dienone is 1. The van der Waals surface area contributed by atoms with E-state index in [1.54, 1.807) is 0 Å². The lowest BCUT2D eigenvalue weighted by atomic mass is 10.1. The summed E-state index contributed by atoms with van der Waals surface area (Å²) >= 11 is 0. The second kappa shape index (κ2) is 6.69. The fourth-order valence-electron chi connectivity index (χ4n) is 1.61. The number of phenols is 2. The van der Waals surface area contributed by atoms with Crippen molar-refractivity contribution < 1.29 is 15.0 Å². The predicted molar refractivity (Wildman–Crippen MR) is 70.7 cm³/mol. The molecule has 0 aliphatic heterocycles. The Morgan fingerprint density at radius 3 is 2.78 bits per heavy atom. The van der Waals surface area contributed by atoms with Crippen molar-refractivity contribution >= 4 is 5.91 Å². The highest BCUT2D eigenvalue weighted by Gasteiger charge is 2.11. The molecule has 0 bridgehead atoms. The summed E-state index contributed by atoms with van der Waals surface area (Å²) in [6, 6.07) is 4.09. The van der Waals surface area contributed by atoms with Crippen LogP contribution in [-0.2, 0) is 0 Å². The second-order valence-electron chi connectivity index (χ2n) is 4.30. The average Bonchev–Trinajstić information content (AvgIpc) is 2.33. The molecule has 3 N–H and O–H groups in total. The summed E-state index contributed by atoms with van der Waals surface area (Å²) in [6.07, 6.45) is 4.64. The Morgan fingerprint density at radius 2 is 2.17 bits per heavy atom. The van der Waals surface area contributed by atoms with Gasteiger partial charge in [-0.3, -0.25) is 4.79 Å². The number of hydrogen-bond donors (Lipinski definition) is 3. The molecule has 0 aromatic heterocycles. The van der Waals surface area contributed by atoms with E-state index in [1.165, 1.54) is 18.2 Å². The van der Waals surface area contributed by atoms with Gasteiger partial charge in [-0.15, -0.1) is 6.58 Å². The van der Waals surface area contributed by atoms with Gasteiger partial charge in [0.1, 0.15) is 0 Å². The minimum absolute atomic E-state index is 0.0633. The molecule has 0 saturated carbocycles. The third kappa shape index (κ3) is 4.13. The van der Waals surface area contributed by atoms with Gasteiger partial charge in [-0.25, -0.2) is 0 Å². The second-order valence-corrected chi connectivity index (χ2v) is 4.30. The van der Waals surface area contributed by atoms with E-state index in [9.17, 15) is 9.90 Å². The molecular weight excluding hydrogens is 230 g/mol. The average molecular weight is 249 g/mol. The molecule has 18 heavy (non-hydrogen) atoms. The highest BCUT2D eigenvalue weighted by Crippen LogP contribution is 2.24. The smallest absolute Gasteiger partial charge is 0.251 e. The van der Waals surface area contributed by atoms with Gasteiger partial charge in [-0.05, 0) is 44.4 Å². The van der Waals surface area contributed by atoms with Crippen LogP contribution in [0.4, 0.5) is 0 Å². The number of hydrogen-bond acceptors (Lipinski definition) is 3. The third-order valence-corrected chi connectivity index (χ3v) is 2.66. The molecule has 4 nitrogen and oxygen atoms in total. The van der Waals surface area contributed by atoms with Gasteiger partial charge in [-0.2, -0.15) is 0 Å². The van der Waals surface area contributed by atoms with Crippen molar-refractivity contribution in [3.8, 4) is 11.5 Å². The number of aromatic hydroxyl groups is 2. The van der Waals surface area contributed by atoms with Gasteiger partial charge in [0, 0.05) is 11.6 Å². The van der Waals surface area contributed by atoms with E-state index in [4.69, 9.17) is 5.11 Å². The van der Waals surface area contributed by atoms with Gasteiger partial charge in [0.05, 0.1) is 0 Å². The molecule has 4 heteroatoms. The fourth-order valence-corrected chi connectivity index (χ4v) is 1.61. The van der Waals surface area contributed by atoms with E-state index < -0.39 is 0 Å². The molecular formula is C14H19NO3. The normalized spacial score (nSPS) is 11.8. The highest BCUT2D eigenvalue weighted by atomic mass is 16.3. The first kappa shape index (κ1) is 14.1. The lowest BCUT2D eigenvalue weighted by Gasteiger charge is -2.13. The van der Waals surface area contributed by atoms with Crippen LogP contribution in [0, 0.1) is 0 Å². The van der Waals surface area contributed by atoms with Crippen molar-refractivity contribution in [2.45, 2.75) is 32.2 Å². The molecule has 0 aliphatic carbocycles. The van der Waals surface area contributed by atoms with Crippen molar-refractivity contribution in [2.75, 3.05) is 0 Å². The molecule has 1 aromatic carbocycles. The van der Waals surface area contributed by atoms with Crippen molar-refractivity contribution in [3.63, 3.8) is 0 Å². The number of benzene rings is 1. The minimum atomic E-state index is -0.290. The molecule has 0 spiro atoms. The Balaban J connectivity index is 2.53. The number of phenolic OH excluding ortho intramolecular Hbond substituents is 2. The van der Waals surface area contributed by atoms with Crippen LogP contribution >= 0.6 is 0 Å². The Kier molecular flexibility index (Phi) is 5.24. The molecule has 98 valence electrons. The predicted octanol–water partition coefficient (Wildman–Crippen LogP) is 2.57.